The van der Waals surface area contributed by atoms with Crippen molar-refractivity contribution in [1.82, 2.24) is 10.2 Å². The molecule has 0 bridgehead atoms. The quantitative estimate of drug-likeness (QED) is 0.727. The van der Waals surface area contributed by atoms with Gasteiger partial charge in [0.05, 0.1) is 13.2 Å². The Morgan fingerprint density at radius 3 is 2.57 bits per heavy atom. The van der Waals surface area contributed by atoms with Crippen LogP contribution >= 0.6 is 0 Å². The van der Waals surface area contributed by atoms with Crippen molar-refractivity contribution in [2.24, 2.45) is 5.92 Å². The van der Waals surface area contributed by atoms with Crippen LogP contribution in [-0.2, 0) is 4.79 Å². The van der Waals surface area contributed by atoms with E-state index in [1.54, 1.807) is 0 Å². The fourth-order valence-corrected chi connectivity index (χ4v) is 1.85. The van der Waals surface area contributed by atoms with Crippen molar-refractivity contribution in [3.8, 4) is 0 Å². The highest BCUT2D eigenvalue weighted by Gasteiger charge is 2.23. The number of carbonyl (C=O) groups is 1. The first kappa shape index (κ1) is 11.5. The normalized spacial score (nSPS) is 19.4. The smallest absolute Gasteiger partial charge is 0.237 e. The second-order valence-corrected chi connectivity index (χ2v) is 4.62. The summed E-state index contributed by atoms with van der Waals surface area (Å²) in [6.07, 6.45) is 3.62. The van der Waals surface area contributed by atoms with Crippen molar-refractivity contribution >= 4 is 5.91 Å². The molecular weight excluding hydrogens is 176 g/mol. The van der Waals surface area contributed by atoms with Crippen molar-refractivity contribution in [2.45, 2.75) is 46.1 Å². The van der Waals surface area contributed by atoms with Crippen molar-refractivity contribution in [3.63, 3.8) is 0 Å². The summed E-state index contributed by atoms with van der Waals surface area (Å²) in [7, 11) is 0. The third-order valence-electron chi connectivity index (χ3n) is 2.81. The molecule has 1 amide bonds. The Balaban J connectivity index is 2.20. The SMILES string of the molecule is CC(C)CCCC(C)N1CNCC1=O. The minimum Gasteiger partial charge on any atom is -0.326 e. The van der Waals surface area contributed by atoms with Crippen LogP contribution in [-0.4, -0.2) is 30.1 Å². The Labute approximate surface area is 86.9 Å². The number of nitrogens with one attached hydrogen (secondary N) is 1. The molecule has 1 atom stereocenters. The van der Waals surface area contributed by atoms with Gasteiger partial charge in [0, 0.05) is 6.04 Å². The lowest BCUT2D eigenvalue weighted by atomic mass is 10.0. The summed E-state index contributed by atoms with van der Waals surface area (Å²) in [5.74, 6) is 1.02. The van der Waals surface area contributed by atoms with E-state index in [-0.39, 0.29) is 5.91 Å². The number of hydrogen-bond donors (Lipinski definition) is 1. The van der Waals surface area contributed by atoms with Gasteiger partial charge in [-0.15, -0.1) is 0 Å². The number of carbonyl (C=O) groups excluding carboxylic acids is 1. The number of nitrogens with zero attached hydrogens (tertiary/aromatic N) is 1. The molecule has 3 heteroatoms. The molecule has 0 aliphatic carbocycles. The first-order valence-electron chi connectivity index (χ1n) is 5.61. The maximum absolute atomic E-state index is 11.4. The molecule has 1 rings (SSSR count). The summed E-state index contributed by atoms with van der Waals surface area (Å²) in [5.41, 5.74) is 0. The van der Waals surface area contributed by atoms with Crippen molar-refractivity contribution < 1.29 is 4.79 Å². The number of hydrogen-bond acceptors (Lipinski definition) is 2. The molecule has 82 valence electrons. The summed E-state index contributed by atoms with van der Waals surface area (Å²) in [5, 5.41) is 3.08. The highest BCUT2D eigenvalue weighted by Crippen LogP contribution is 2.13. The van der Waals surface area contributed by atoms with Gasteiger partial charge in [-0.05, 0) is 19.3 Å². The van der Waals surface area contributed by atoms with E-state index in [1.807, 2.05) is 4.90 Å². The van der Waals surface area contributed by atoms with E-state index >= 15 is 0 Å². The maximum Gasteiger partial charge on any atom is 0.237 e. The van der Waals surface area contributed by atoms with Crippen LogP contribution in [0, 0.1) is 5.92 Å². The van der Waals surface area contributed by atoms with E-state index in [0.29, 0.717) is 12.6 Å². The summed E-state index contributed by atoms with van der Waals surface area (Å²) < 4.78 is 0. The molecule has 0 aromatic carbocycles. The van der Waals surface area contributed by atoms with E-state index < -0.39 is 0 Å². The fraction of sp³-hybridized carbons (Fsp3) is 0.909. The molecule has 1 heterocycles. The van der Waals surface area contributed by atoms with Crippen LogP contribution in [0.5, 0.6) is 0 Å². The van der Waals surface area contributed by atoms with E-state index in [1.165, 1.54) is 12.8 Å². The summed E-state index contributed by atoms with van der Waals surface area (Å²) in [6.45, 7) is 7.89. The average Bonchev–Trinajstić information content (AvgIpc) is 2.50. The lowest BCUT2D eigenvalue weighted by Crippen LogP contribution is -2.35. The molecule has 1 N–H and O–H groups in total. The molecule has 1 unspecified atom stereocenters. The Morgan fingerprint density at radius 1 is 1.36 bits per heavy atom. The molecule has 0 radical (unpaired) electrons. The van der Waals surface area contributed by atoms with Crippen LogP contribution in [0.2, 0.25) is 0 Å². The van der Waals surface area contributed by atoms with Gasteiger partial charge in [-0.25, -0.2) is 0 Å². The summed E-state index contributed by atoms with van der Waals surface area (Å²) >= 11 is 0. The largest absolute Gasteiger partial charge is 0.326 e. The molecule has 1 fully saturated rings. The zero-order chi connectivity index (χ0) is 10.6. The zero-order valence-electron chi connectivity index (χ0n) is 9.55. The fourth-order valence-electron chi connectivity index (χ4n) is 1.85. The predicted molar refractivity (Wildman–Crippen MR) is 57.9 cm³/mol. The zero-order valence-corrected chi connectivity index (χ0v) is 9.55. The van der Waals surface area contributed by atoms with E-state index in [2.05, 4.69) is 26.1 Å². The predicted octanol–water partition coefficient (Wildman–Crippen LogP) is 1.59. The monoisotopic (exact) mass is 198 g/mol. The molecule has 0 aromatic heterocycles. The third kappa shape index (κ3) is 3.29. The van der Waals surface area contributed by atoms with Gasteiger partial charge in [0.1, 0.15) is 0 Å². The van der Waals surface area contributed by atoms with Gasteiger partial charge in [0.15, 0.2) is 0 Å². The van der Waals surface area contributed by atoms with Crippen LogP contribution < -0.4 is 5.32 Å². The second-order valence-electron chi connectivity index (χ2n) is 4.62. The van der Waals surface area contributed by atoms with Crippen molar-refractivity contribution in [3.05, 3.63) is 0 Å². The van der Waals surface area contributed by atoms with Gasteiger partial charge in [0.25, 0.3) is 0 Å². The van der Waals surface area contributed by atoms with Crippen LogP contribution in [0.25, 0.3) is 0 Å². The Morgan fingerprint density at radius 2 is 2.07 bits per heavy atom. The highest BCUT2D eigenvalue weighted by atomic mass is 16.2. The third-order valence-corrected chi connectivity index (χ3v) is 2.81. The van der Waals surface area contributed by atoms with Gasteiger partial charge in [-0.1, -0.05) is 26.7 Å². The van der Waals surface area contributed by atoms with Crippen LogP contribution in [0.3, 0.4) is 0 Å². The van der Waals surface area contributed by atoms with Gasteiger partial charge in [0.2, 0.25) is 5.91 Å². The Kier molecular flexibility index (Phi) is 4.39. The van der Waals surface area contributed by atoms with Gasteiger partial charge >= 0.3 is 0 Å². The Hall–Kier alpha value is -0.570. The van der Waals surface area contributed by atoms with E-state index in [9.17, 15) is 4.79 Å². The molecule has 3 nitrogen and oxygen atoms in total. The van der Waals surface area contributed by atoms with Crippen molar-refractivity contribution in [1.29, 1.82) is 0 Å². The molecule has 1 saturated heterocycles. The lowest BCUT2D eigenvalue weighted by molar-refractivity contribution is -0.128. The lowest BCUT2D eigenvalue weighted by Gasteiger charge is -2.23. The van der Waals surface area contributed by atoms with E-state index in [0.717, 1.165) is 19.0 Å². The minimum atomic E-state index is 0.252. The van der Waals surface area contributed by atoms with E-state index in [4.69, 9.17) is 0 Å². The summed E-state index contributed by atoms with van der Waals surface area (Å²) in [6, 6.07) is 0.399. The molecule has 1 aliphatic heterocycles. The second kappa shape index (κ2) is 5.35. The first-order chi connectivity index (χ1) is 6.61. The molecule has 14 heavy (non-hydrogen) atoms. The molecular formula is C11H22N2O. The highest BCUT2D eigenvalue weighted by molar-refractivity contribution is 5.80. The van der Waals surface area contributed by atoms with Gasteiger partial charge < -0.3 is 4.90 Å². The topological polar surface area (TPSA) is 32.3 Å². The average molecular weight is 198 g/mol. The minimum absolute atomic E-state index is 0.252. The van der Waals surface area contributed by atoms with Crippen LogP contribution in [0.15, 0.2) is 0 Å². The number of amides is 1. The molecule has 0 aromatic rings. The molecule has 1 aliphatic rings. The molecule has 0 spiro atoms. The standard InChI is InChI=1S/C11H22N2O/c1-9(2)5-4-6-10(3)13-8-12-7-11(13)14/h9-10,12H,4-8H2,1-3H3. The van der Waals surface area contributed by atoms with Gasteiger partial charge in [-0.2, -0.15) is 0 Å². The van der Waals surface area contributed by atoms with Crippen LogP contribution in [0.4, 0.5) is 0 Å². The van der Waals surface area contributed by atoms with Gasteiger partial charge in [-0.3, -0.25) is 10.1 Å². The maximum atomic E-state index is 11.4. The molecule has 0 saturated carbocycles. The van der Waals surface area contributed by atoms with Crippen LogP contribution in [0.1, 0.15) is 40.0 Å². The Bertz CT molecular complexity index is 192. The summed E-state index contributed by atoms with van der Waals surface area (Å²) in [4.78, 5) is 13.3. The number of rotatable bonds is 5. The van der Waals surface area contributed by atoms with Crippen molar-refractivity contribution in [2.75, 3.05) is 13.2 Å². The first-order valence-corrected chi connectivity index (χ1v) is 5.61.